The second-order valence-corrected chi connectivity index (χ2v) is 9.46. The van der Waals surface area contributed by atoms with Crippen molar-refractivity contribution in [2.75, 3.05) is 0 Å². The summed E-state index contributed by atoms with van der Waals surface area (Å²) in [4.78, 5) is 20.4. The van der Waals surface area contributed by atoms with Gasteiger partial charge in [0, 0.05) is 24.2 Å². The van der Waals surface area contributed by atoms with Crippen LogP contribution in [0.3, 0.4) is 0 Å². The lowest BCUT2D eigenvalue weighted by Crippen LogP contribution is -2.50. The van der Waals surface area contributed by atoms with E-state index in [-0.39, 0.29) is 23.6 Å². The van der Waals surface area contributed by atoms with Gasteiger partial charge >= 0.3 is 0 Å². The third kappa shape index (κ3) is 3.19. The Morgan fingerprint density at radius 3 is 2.57 bits per heavy atom. The summed E-state index contributed by atoms with van der Waals surface area (Å²) >= 11 is 0. The van der Waals surface area contributed by atoms with Gasteiger partial charge in [-0.25, -0.2) is 22.7 Å². The van der Waals surface area contributed by atoms with Gasteiger partial charge in [-0.3, -0.25) is 9.48 Å². The van der Waals surface area contributed by atoms with Gasteiger partial charge in [0.2, 0.25) is 0 Å². The van der Waals surface area contributed by atoms with Crippen LogP contribution in [0.1, 0.15) is 58.3 Å². The number of aromatic nitrogens is 5. The number of halogens is 3. The van der Waals surface area contributed by atoms with Crippen LogP contribution < -0.4 is 0 Å². The van der Waals surface area contributed by atoms with Crippen LogP contribution in [0, 0.1) is 31.3 Å². The highest BCUT2D eigenvalue weighted by Crippen LogP contribution is 2.45. The number of imidazole rings is 1. The second-order valence-electron chi connectivity index (χ2n) is 9.46. The Kier molecular flexibility index (Phi) is 4.77. The van der Waals surface area contributed by atoms with Crippen LogP contribution in [0.4, 0.5) is 13.2 Å². The minimum Gasteiger partial charge on any atom is -0.325 e. The number of amides is 1. The number of rotatable bonds is 2. The monoisotopic (exact) mass is 480 g/mol. The van der Waals surface area contributed by atoms with Crippen LogP contribution >= 0.6 is 0 Å². The van der Waals surface area contributed by atoms with Gasteiger partial charge in [-0.05, 0) is 63.3 Å². The lowest BCUT2D eigenvalue weighted by Gasteiger charge is -2.45. The van der Waals surface area contributed by atoms with Crippen molar-refractivity contribution in [3.8, 4) is 11.3 Å². The van der Waals surface area contributed by atoms with E-state index in [1.165, 1.54) is 0 Å². The molecule has 6 rings (SSSR count). The Balaban J connectivity index is 1.46. The molecule has 0 spiro atoms. The smallest absolute Gasteiger partial charge is 0.275 e. The average Bonchev–Trinajstić information content (AvgIpc) is 3.31. The van der Waals surface area contributed by atoms with Gasteiger partial charge in [0.05, 0.1) is 29.3 Å². The first-order valence-electron chi connectivity index (χ1n) is 11.6. The molecule has 0 saturated carbocycles. The lowest BCUT2D eigenvalue weighted by molar-refractivity contribution is 0.0382. The SMILES string of the molecule is Cc1cnn2c(C(=O)N3[C@H]4CCC[C@@H]3c3nn(C)c(-c5cc(F)c(F)c(F)c5)c3C4)c(C)nc2c1. The van der Waals surface area contributed by atoms with Crippen molar-refractivity contribution in [3.05, 3.63) is 70.1 Å². The summed E-state index contributed by atoms with van der Waals surface area (Å²) in [6.07, 6.45) is 4.65. The van der Waals surface area contributed by atoms with Gasteiger partial charge in [-0.1, -0.05) is 0 Å². The maximum atomic E-state index is 14.0. The molecule has 4 aromatic rings. The molecule has 10 heteroatoms. The maximum absolute atomic E-state index is 14.0. The molecule has 5 heterocycles. The number of piperidine rings is 1. The highest BCUT2D eigenvalue weighted by Gasteiger charge is 2.44. The Labute approximate surface area is 199 Å². The van der Waals surface area contributed by atoms with E-state index in [0.717, 1.165) is 42.5 Å². The molecule has 35 heavy (non-hydrogen) atoms. The largest absolute Gasteiger partial charge is 0.325 e. The summed E-state index contributed by atoms with van der Waals surface area (Å²) in [5.41, 5.74) is 4.95. The number of aryl methyl sites for hydroxylation is 3. The van der Waals surface area contributed by atoms with Crippen molar-refractivity contribution in [2.24, 2.45) is 7.05 Å². The molecule has 1 saturated heterocycles. The predicted molar refractivity (Wildman–Crippen MR) is 121 cm³/mol. The van der Waals surface area contributed by atoms with Crippen LogP contribution in [0.2, 0.25) is 0 Å². The van der Waals surface area contributed by atoms with Gasteiger partial charge in [0.25, 0.3) is 5.91 Å². The summed E-state index contributed by atoms with van der Waals surface area (Å²) in [5, 5.41) is 9.11. The molecule has 2 aliphatic heterocycles. The van der Waals surface area contributed by atoms with E-state index < -0.39 is 17.5 Å². The third-order valence-electron chi connectivity index (χ3n) is 7.16. The van der Waals surface area contributed by atoms with E-state index in [9.17, 15) is 18.0 Å². The maximum Gasteiger partial charge on any atom is 0.275 e. The normalized spacial score (nSPS) is 19.3. The number of carbonyl (C=O) groups is 1. The zero-order chi connectivity index (χ0) is 24.6. The Morgan fingerprint density at radius 1 is 1.09 bits per heavy atom. The summed E-state index contributed by atoms with van der Waals surface area (Å²) < 4.78 is 44.8. The first-order chi connectivity index (χ1) is 16.7. The number of hydrogen-bond acceptors (Lipinski definition) is 4. The van der Waals surface area contributed by atoms with Crippen molar-refractivity contribution < 1.29 is 18.0 Å². The van der Waals surface area contributed by atoms with Gasteiger partial charge in [0.15, 0.2) is 28.8 Å². The highest BCUT2D eigenvalue weighted by atomic mass is 19.2. The van der Waals surface area contributed by atoms with Gasteiger partial charge in [-0.2, -0.15) is 10.2 Å². The van der Waals surface area contributed by atoms with Crippen LogP contribution in [0.15, 0.2) is 24.4 Å². The van der Waals surface area contributed by atoms with Crippen molar-refractivity contribution in [1.82, 2.24) is 29.3 Å². The topological polar surface area (TPSA) is 68.3 Å². The summed E-state index contributed by atoms with van der Waals surface area (Å²) in [7, 11) is 1.70. The first kappa shape index (κ1) is 21.8. The highest BCUT2D eigenvalue weighted by molar-refractivity contribution is 5.95. The second kappa shape index (κ2) is 7.66. The molecule has 1 aromatic carbocycles. The molecule has 0 unspecified atom stereocenters. The van der Waals surface area contributed by atoms with Crippen molar-refractivity contribution in [2.45, 2.75) is 51.6 Å². The molecule has 1 amide bonds. The molecule has 0 radical (unpaired) electrons. The van der Waals surface area contributed by atoms with Crippen LogP contribution in [0.5, 0.6) is 0 Å². The predicted octanol–water partition coefficient (Wildman–Crippen LogP) is 4.46. The van der Waals surface area contributed by atoms with E-state index in [4.69, 9.17) is 0 Å². The number of carbonyl (C=O) groups excluding carboxylic acids is 1. The van der Waals surface area contributed by atoms with E-state index in [0.29, 0.717) is 34.8 Å². The van der Waals surface area contributed by atoms with E-state index in [2.05, 4.69) is 15.2 Å². The molecular formula is C25H23F3N6O. The zero-order valence-electron chi connectivity index (χ0n) is 19.5. The molecular weight excluding hydrogens is 457 g/mol. The van der Waals surface area contributed by atoms with Crippen molar-refractivity contribution >= 4 is 11.6 Å². The summed E-state index contributed by atoms with van der Waals surface area (Å²) in [6.45, 7) is 3.73. The Morgan fingerprint density at radius 2 is 1.83 bits per heavy atom. The van der Waals surface area contributed by atoms with Crippen LogP contribution in [0.25, 0.3) is 16.9 Å². The summed E-state index contributed by atoms with van der Waals surface area (Å²) in [6, 6.07) is 3.49. The lowest BCUT2D eigenvalue weighted by atomic mass is 9.81. The molecule has 1 fully saturated rings. The molecule has 3 aromatic heterocycles. The molecule has 0 N–H and O–H groups in total. The van der Waals surface area contributed by atoms with Crippen LogP contribution in [-0.4, -0.2) is 41.2 Å². The van der Waals surface area contributed by atoms with Gasteiger partial charge < -0.3 is 4.90 Å². The fourth-order valence-corrected chi connectivity index (χ4v) is 5.71. The standard InChI is InChI=1S/C25H23F3N6O/c1-12-7-20-30-13(2)23(34(20)29-11-12)25(35)33-15-5-4-6-19(33)22-16(10-15)24(32(3)31-22)14-8-17(26)21(28)18(27)9-14/h7-9,11,15,19H,4-6,10H2,1-3H3/t15-,19+/m0/s1. The van der Waals surface area contributed by atoms with Crippen LogP contribution in [-0.2, 0) is 13.5 Å². The number of nitrogens with zero attached hydrogens (tertiary/aromatic N) is 6. The number of fused-ring (bicyclic) bond motifs is 5. The fourth-order valence-electron chi connectivity index (χ4n) is 5.71. The quantitative estimate of drug-likeness (QED) is 0.398. The van der Waals surface area contributed by atoms with Crippen molar-refractivity contribution in [1.29, 1.82) is 0 Å². The minimum atomic E-state index is -1.49. The van der Waals surface area contributed by atoms with E-state index in [1.54, 1.807) is 29.4 Å². The number of benzene rings is 1. The molecule has 180 valence electrons. The molecule has 0 aliphatic carbocycles. The number of hydrogen-bond donors (Lipinski definition) is 0. The molecule has 2 atom stereocenters. The van der Waals surface area contributed by atoms with Gasteiger partial charge in [-0.15, -0.1) is 0 Å². The molecule has 7 nitrogen and oxygen atoms in total. The van der Waals surface area contributed by atoms with E-state index in [1.807, 2.05) is 17.9 Å². The Bertz CT molecular complexity index is 1500. The zero-order valence-corrected chi connectivity index (χ0v) is 19.5. The van der Waals surface area contributed by atoms with E-state index >= 15 is 0 Å². The van der Waals surface area contributed by atoms with Gasteiger partial charge in [0.1, 0.15) is 0 Å². The Hall–Kier alpha value is -3.69. The molecule has 2 aliphatic rings. The van der Waals surface area contributed by atoms with Crippen molar-refractivity contribution in [3.63, 3.8) is 0 Å². The average molecular weight is 480 g/mol. The minimum absolute atomic E-state index is 0.109. The summed E-state index contributed by atoms with van der Waals surface area (Å²) in [5.74, 6) is -4.13. The third-order valence-corrected chi connectivity index (χ3v) is 7.16. The molecule has 2 bridgehead atoms. The first-order valence-corrected chi connectivity index (χ1v) is 11.6. The fraction of sp³-hybridized carbons (Fsp3) is 0.360.